The molecule has 2 aromatic rings. The van der Waals surface area contributed by atoms with Crippen LogP contribution >= 0.6 is 11.8 Å². The number of fused-ring (bicyclic) bond motifs is 2. The van der Waals surface area contributed by atoms with E-state index in [1.807, 2.05) is 30.3 Å². The number of aromatic hydroxyl groups is 1. The van der Waals surface area contributed by atoms with Crippen molar-refractivity contribution in [1.82, 2.24) is 0 Å². The van der Waals surface area contributed by atoms with Crippen molar-refractivity contribution in [2.75, 3.05) is 5.32 Å². The van der Waals surface area contributed by atoms with Crippen LogP contribution in [0, 0.1) is 0 Å². The van der Waals surface area contributed by atoms with Crippen LogP contribution in [-0.4, -0.2) is 5.11 Å². The number of nitrogens with one attached hydrogen (secondary N) is 1. The molecule has 0 fully saturated rings. The third-order valence-corrected chi connectivity index (χ3v) is 4.10. The Morgan fingerprint density at radius 1 is 1.17 bits per heavy atom. The molecule has 3 rings (SSSR count). The monoisotopic (exact) mass is 255 g/mol. The normalized spacial score (nSPS) is 12.2. The zero-order chi connectivity index (χ0) is 12.5. The fourth-order valence-corrected chi connectivity index (χ4v) is 3.13. The third-order valence-electron chi connectivity index (χ3n) is 2.97. The van der Waals surface area contributed by atoms with Gasteiger partial charge in [-0.25, -0.2) is 0 Å². The average Bonchev–Trinajstić information content (AvgIpc) is 2.40. The zero-order valence-corrected chi connectivity index (χ0v) is 10.6. The largest absolute Gasteiger partial charge is 0.508 e. The van der Waals surface area contributed by atoms with Crippen LogP contribution in [0.15, 0.2) is 58.8 Å². The van der Waals surface area contributed by atoms with Gasteiger partial charge in [0.2, 0.25) is 0 Å². The lowest BCUT2D eigenvalue weighted by molar-refractivity contribution is 0.469. The SMILES string of the molecule is C=CCc1c(O)ccc2c1Nc1ccccc1S2. The summed E-state index contributed by atoms with van der Waals surface area (Å²) in [6, 6.07) is 11.9. The highest BCUT2D eigenvalue weighted by atomic mass is 32.2. The molecule has 1 aliphatic heterocycles. The molecule has 2 N–H and O–H groups in total. The van der Waals surface area contributed by atoms with Crippen molar-refractivity contribution >= 4 is 23.1 Å². The summed E-state index contributed by atoms with van der Waals surface area (Å²) in [4.78, 5) is 2.35. The Morgan fingerprint density at radius 2 is 2.00 bits per heavy atom. The summed E-state index contributed by atoms with van der Waals surface area (Å²) in [6.45, 7) is 3.74. The molecule has 0 saturated heterocycles. The van der Waals surface area contributed by atoms with Gasteiger partial charge in [0.05, 0.1) is 11.4 Å². The van der Waals surface area contributed by atoms with Gasteiger partial charge < -0.3 is 10.4 Å². The minimum absolute atomic E-state index is 0.320. The maximum absolute atomic E-state index is 9.95. The van der Waals surface area contributed by atoms with E-state index >= 15 is 0 Å². The van der Waals surface area contributed by atoms with E-state index in [4.69, 9.17) is 0 Å². The number of phenols is 1. The third kappa shape index (κ3) is 1.77. The smallest absolute Gasteiger partial charge is 0.121 e. The number of hydrogen-bond donors (Lipinski definition) is 2. The number of hydrogen-bond acceptors (Lipinski definition) is 3. The molecule has 0 aromatic heterocycles. The molecule has 2 aromatic carbocycles. The molecule has 0 unspecified atom stereocenters. The van der Waals surface area contributed by atoms with Gasteiger partial charge in [-0.05, 0) is 30.7 Å². The lowest BCUT2D eigenvalue weighted by atomic mass is 10.1. The molecular formula is C15H13NOS. The van der Waals surface area contributed by atoms with Crippen LogP contribution in [0.4, 0.5) is 11.4 Å². The molecule has 0 aliphatic carbocycles. The molecule has 0 saturated carbocycles. The Bertz CT molecular complexity index is 622. The second-order valence-electron chi connectivity index (χ2n) is 4.15. The highest BCUT2D eigenvalue weighted by molar-refractivity contribution is 7.99. The van der Waals surface area contributed by atoms with Crippen molar-refractivity contribution in [3.05, 3.63) is 54.6 Å². The van der Waals surface area contributed by atoms with E-state index in [1.54, 1.807) is 17.8 Å². The van der Waals surface area contributed by atoms with Gasteiger partial charge in [0, 0.05) is 15.4 Å². The first-order chi connectivity index (χ1) is 8.79. The number of benzene rings is 2. The molecule has 1 aliphatic rings. The maximum Gasteiger partial charge on any atom is 0.121 e. The Morgan fingerprint density at radius 3 is 2.83 bits per heavy atom. The van der Waals surface area contributed by atoms with E-state index in [-0.39, 0.29) is 0 Å². The highest BCUT2D eigenvalue weighted by Crippen LogP contribution is 2.47. The van der Waals surface area contributed by atoms with Crippen LogP contribution in [0.1, 0.15) is 5.56 Å². The summed E-state index contributed by atoms with van der Waals surface area (Å²) in [5.41, 5.74) is 2.99. The van der Waals surface area contributed by atoms with Gasteiger partial charge in [0.15, 0.2) is 0 Å². The van der Waals surface area contributed by atoms with Gasteiger partial charge in [-0.3, -0.25) is 0 Å². The fraction of sp³-hybridized carbons (Fsp3) is 0.0667. The molecule has 90 valence electrons. The van der Waals surface area contributed by atoms with E-state index in [9.17, 15) is 5.11 Å². The zero-order valence-electron chi connectivity index (χ0n) is 9.81. The Kier molecular flexibility index (Phi) is 2.76. The average molecular weight is 255 g/mol. The second-order valence-corrected chi connectivity index (χ2v) is 5.24. The lowest BCUT2D eigenvalue weighted by Crippen LogP contribution is -2.03. The molecule has 0 amide bonds. The number of allylic oxidation sites excluding steroid dienone is 1. The molecule has 1 heterocycles. The lowest BCUT2D eigenvalue weighted by Gasteiger charge is -2.23. The maximum atomic E-state index is 9.95. The van der Waals surface area contributed by atoms with E-state index in [0.717, 1.165) is 21.8 Å². The Hall–Kier alpha value is -1.87. The second kappa shape index (κ2) is 4.42. The standard InChI is InChI=1S/C15H13NOS/c1-2-5-10-12(17)8-9-14-15(10)16-11-6-3-4-7-13(11)18-14/h2-4,6-9,16-17H,1,5H2. The molecular weight excluding hydrogens is 242 g/mol. The minimum Gasteiger partial charge on any atom is -0.508 e. The summed E-state index contributed by atoms with van der Waals surface area (Å²) < 4.78 is 0. The number of phenolic OH excluding ortho intramolecular Hbond substituents is 1. The molecule has 0 atom stereocenters. The van der Waals surface area contributed by atoms with Crippen molar-refractivity contribution in [3.63, 3.8) is 0 Å². The van der Waals surface area contributed by atoms with E-state index in [2.05, 4.69) is 18.0 Å². The molecule has 3 heteroatoms. The van der Waals surface area contributed by atoms with Gasteiger partial charge in [0.25, 0.3) is 0 Å². The predicted molar refractivity (Wildman–Crippen MR) is 75.9 cm³/mol. The van der Waals surface area contributed by atoms with Gasteiger partial charge in [0.1, 0.15) is 5.75 Å². The molecule has 0 bridgehead atoms. The van der Waals surface area contributed by atoms with Gasteiger partial charge >= 0.3 is 0 Å². The van der Waals surface area contributed by atoms with E-state index < -0.39 is 0 Å². The van der Waals surface area contributed by atoms with Crippen molar-refractivity contribution in [1.29, 1.82) is 0 Å². The summed E-state index contributed by atoms with van der Waals surface area (Å²) in [5.74, 6) is 0.320. The summed E-state index contributed by atoms with van der Waals surface area (Å²) >= 11 is 1.72. The van der Waals surface area contributed by atoms with Crippen molar-refractivity contribution < 1.29 is 5.11 Å². The molecule has 0 radical (unpaired) electrons. The molecule has 18 heavy (non-hydrogen) atoms. The van der Waals surface area contributed by atoms with Crippen molar-refractivity contribution in [3.8, 4) is 5.75 Å². The van der Waals surface area contributed by atoms with Gasteiger partial charge in [-0.15, -0.1) is 6.58 Å². The van der Waals surface area contributed by atoms with Gasteiger partial charge in [-0.2, -0.15) is 0 Å². The first-order valence-corrected chi connectivity index (χ1v) is 6.61. The van der Waals surface area contributed by atoms with Crippen LogP contribution in [0.5, 0.6) is 5.75 Å². The predicted octanol–water partition coefficient (Wildman–Crippen LogP) is 4.33. The molecule has 0 spiro atoms. The van der Waals surface area contributed by atoms with Gasteiger partial charge in [-0.1, -0.05) is 30.0 Å². The van der Waals surface area contributed by atoms with Crippen LogP contribution in [-0.2, 0) is 6.42 Å². The topological polar surface area (TPSA) is 32.3 Å². The summed E-state index contributed by atoms with van der Waals surface area (Å²) in [7, 11) is 0. The first kappa shape index (κ1) is 11.2. The van der Waals surface area contributed by atoms with Crippen LogP contribution in [0.3, 0.4) is 0 Å². The quantitative estimate of drug-likeness (QED) is 0.668. The van der Waals surface area contributed by atoms with Crippen molar-refractivity contribution in [2.24, 2.45) is 0 Å². The Balaban J connectivity index is 2.12. The van der Waals surface area contributed by atoms with Crippen molar-refractivity contribution in [2.45, 2.75) is 16.2 Å². The van der Waals surface area contributed by atoms with Crippen LogP contribution < -0.4 is 5.32 Å². The van der Waals surface area contributed by atoms with E-state index in [1.165, 1.54) is 4.90 Å². The van der Waals surface area contributed by atoms with E-state index in [0.29, 0.717) is 12.2 Å². The number of para-hydroxylation sites is 1. The minimum atomic E-state index is 0.320. The number of anilines is 2. The van der Waals surface area contributed by atoms with Crippen LogP contribution in [0.2, 0.25) is 0 Å². The Labute approximate surface area is 110 Å². The summed E-state index contributed by atoms with van der Waals surface area (Å²) in [5, 5.41) is 13.4. The van der Waals surface area contributed by atoms with Crippen LogP contribution in [0.25, 0.3) is 0 Å². The number of rotatable bonds is 2. The molecule has 2 nitrogen and oxygen atoms in total. The highest BCUT2D eigenvalue weighted by Gasteiger charge is 2.19. The first-order valence-electron chi connectivity index (χ1n) is 5.79. The summed E-state index contributed by atoms with van der Waals surface area (Å²) in [6.07, 6.45) is 2.47. The fourth-order valence-electron chi connectivity index (χ4n) is 2.10.